The molecular weight excluding hydrogens is 609 g/mol. The topological polar surface area (TPSA) is 44.3 Å². The van der Waals surface area contributed by atoms with E-state index in [2.05, 4.69) is 67.9 Å². The zero-order valence-electron chi connectivity index (χ0n) is 20.7. The van der Waals surface area contributed by atoms with Crippen molar-refractivity contribution in [3.05, 3.63) is 126 Å². The Bertz CT molecular complexity index is 972. The summed E-state index contributed by atoms with van der Waals surface area (Å²) in [7, 11) is 0. The second kappa shape index (κ2) is 15.2. The van der Waals surface area contributed by atoms with E-state index in [1.54, 1.807) is 6.20 Å². The number of pyridine rings is 1. The molecule has 0 fully saturated rings. The van der Waals surface area contributed by atoms with Gasteiger partial charge in [-0.25, -0.2) is 0 Å². The minimum Gasteiger partial charge on any atom is -0.658 e. The molecule has 0 aliphatic heterocycles. The van der Waals surface area contributed by atoms with Gasteiger partial charge in [0.2, 0.25) is 0 Å². The standard InChI is InChI=1S/C19H25N3.C11H8N.Ir/c1-15(2)20-19(21-16(3)4)22(17-11-7-5-8-12-17)18-13-9-6-10-14-18;1-2-6-10(7-3-1)11-8-4-5-9-12-11;/h5-16,19H,1-4H3;1-6,8-9H;/q-2;-1;+3. The molecule has 4 aromatic rings. The number of hydrogen-bond acceptors (Lipinski definition) is 2. The van der Waals surface area contributed by atoms with Crippen LogP contribution in [0.25, 0.3) is 21.9 Å². The fourth-order valence-corrected chi connectivity index (χ4v) is 3.37. The van der Waals surface area contributed by atoms with Gasteiger partial charge in [-0.15, -0.1) is 48.0 Å². The number of para-hydroxylation sites is 2. The van der Waals surface area contributed by atoms with Crippen molar-refractivity contribution in [3.8, 4) is 11.3 Å². The molecule has 3 aromatic carbocycles. The molecular formula is C30H33IrN4. The number of aromatic nitrogens is 1. The SMILES string of the molecule is CC(C)[N-]C([N-]C(C)C)N(c1ccccc1)c1ccccc1.[Ir+3].[c-]1ccccc1-c1ccccn1. The van der Waals surface area contributed by atoms with Gasteiger partial charge < -0.3 is 20.5 Å². The summed E-state index contributed by atoms with van der Waals surface area (Å²) < 4.78 is 0. The maximum absolute atomic E-state index is 4.83. The predicted molar refractivity (Wildman–Crippen MR) is 144 cm³/mol. The zero-order chi connectivity index (χ0) is 24.2. The number of nitrogens with zero attached hydrogens (tertiary/aromatic N) is 4. The van der Waals surface area contributed by atoms with Crippen molar-refractivity contribution in [3.63, 3.8) is 0 Å². The van der Waals surface area contributed by atoms with E-state index in [0.717, 1.165) is 22.6 Å². The summed E-state index contributed by atoms with van der Waals surface area (Å²) in [6.07, 6.45) is 1.57. The van der Waals surface area contributed by atoms with Crippen LogP contribution in [0.1, 0.15) is 27.7 Å². The Hall–Kier alpha value is -2.82. The molecule has 1 aromatic heterocycles. The van der Waals surface area contributed by atoms with Gasteiger partial charge in [0.1, 0.15) is 0 Å². The molecule has 0 spiro atoms. The van der Waals surface area contributed by atoms with Crippen LogP contribution < -0.4 is 4.90 Å². The maximum Gasteiger partial charge on any atom is 3.00 e. The molecule has 35 heavy (non-hydrogen) atoms. The van der Waals surface area contributed by atoms with E-state index in [9.17, 15) is 0 Å². The molecule has 0 saturated heterocycles. The molecule has 182 valence electrons. The third kappa shape index (κ3) is 9.39. The van der Waals surface area contributed by atoms with Crippen LogP contribution >= 0.6 is 0 Å². The molecule has 0 aliphatic carbocycles. The first kappa shape index (κ1) is 28.4. The normalized spacial score (nSPS) is 10.5. The summed E-state index contributed by atoms with van der Waals surface area (Å²) in [5, 5.41) is 9.66. The van der Waals surface area contributed by atoms with Gasteiger partial charge in [0.15, 0.2) is 0 Å². The number of benzene rings is 3. The van der Waals surface area contributed by atoms with Crippen LogP contribution in [0.4, 0.5) is 11.4 Å². The van der Waals surface area contributed by atoms with Gasteiger partial charge in [0.05, 0.1) is 0 Å². The first-order valence-electron chi connectivity index (χ1n) is 11.7. The Kier molecular flexibility index (Phi) is 12.4. The van der Waals surface area contributed by atoms with E-state index in [1.807, 2.05) is 78.9 Å². The second-order valence-corrected chi connectivity index (χ2v) is 8.36. The van der Waals surface area contributed by atoms with Gasteiger partial charge in [-0.2, -0.15) is 6.29 Å². The number of anilines is 2. The summed E-state index contributed by atoms with van der Waals surface area (Å²) >= 11 is 0. The average molecular weight is 642 g/mol. The quantitative estimate of drug-likeness (QED) is 0.182. The molecule has 4 nitrogen and oxygen atoms in total. The Balaban J connectivity index is 0.000000280. The molecule has 4 rings (SSSR count). The molecule has 5 heteroatoms. The maximum atomic E-state index is 4.83. The van der Waals surface area contributed by atoms with Crippen molar-refractivity contribution in [1.82, 2.24) is 4.98 Å². The van der Waals surface area contributed by atoms with E-state index < -0.39 is 0 Å². The monoisotopic (exact) mass is 642 g/mol. The van der Waals surface area contributed by atoms with Crippen LogP contribution in [-0.2, 0) is 20.1 Å². The summed E-state index contributed by atoms with van der Waals surface area (Å²) in [4.78, 5) is 6.41. The molecule has 0 aliphatic rings. The molecule has 0 N–H and O–H groups in total. The van der Waals surface area contributed by atoms with E-state index in [-0.39, 0.29) is 38.5 Å². The van der Waals surface area contributed by atoms with Gasteiger partial charge in [-0.1, -0.05) is 76.2 Å². The summed E-state index contributed by atoms with van der Waals surface area (Å²) in [6, 6.07) is 37.9. The fourth-order valence-electron chi connectivity index (χ4n) is 3.37. The average Bonchev–Trinajstić information content (AvgIpc) is 2.86. The Morgan fingerprint density at radius 1 is 0.657 bits per heavy atom. The molecule has 0 amide bonds. The van der Waals surface area contributed by atoms with Gasteiger partial charge in [-0.3, -0.25) is 0 Å². The van der Waals surface area contributed by atoms with Crippen LogP contribution in [0, 0.1) is 6.07 Å². The van der Waals surface area contributed by atoms with Gasteiger partial charge >= 0.3 is 20.1 Å². The van der Waals surface area contributed by atoms with Gasteiger partial charge in [0, 0.05) is 17.6 Å². The molecule has 0 atom stereocenters. The number of hydrogen-bond donors (Lipinski definition) is 0. The first-order valence-corrected chi connectivity index (χ1v) is 11.7. The van der Waals surface area contributed by atoms with E-state index >= 15 is 0 Å². The van der Waals surface area contributed by atoms with E-state index in [0.29, 0.717) is 0 Å². The minimum absolute atomic E-state index is 0. The summed E-state index contributed by atoms with van der Waals surface area (Å²) in [5.74, 6) is 0. The molecule has 0 radical (unpaired) electrons. The molecule has 1 heterocycles. The Labute approximate surface area is 224 Å². The van der Waals surface area contributed by atoms with Crippen LogP contribution in [0.5, 0.6) is 0 Å². The van der Waals surface area contributed by atoms with Gasteiger partial charge in [-0.05, 0) is 36.0 Å². The minimum atomic E-state index is -0.218. The molecule has 0 unspecified atom stereocenters. The van der Waals surface area contributed by atoms with E-state index in [4.69, 9.17) is 10.6 Å². The Morgan fingerprint density at radius 3 is 1.60 bits per heavy atom. The largest absolute Gasteiger partial charge is 3.00 e. The van der Waals surface area contributed by atoms with E-state index in [1.165, 1.54) is 0 Å². The van der Waals surface area contributed by atoms with Crippen molar-refractivity contribution < 1.29 is 20.1 Å². The van der Waals surface area contributed by atoms with Crippen molar-refractivity contribution in [2.75, 3.05) is 4.90 Å². The van der Waals surface area contributed by atoms with Crippen molar-refractivity contribution in [2.24, 2.45) is 0 Å². The first-order chi connectivity index (χ1) is 16.5. The predicted octanol–water partition coefficient (Wildman–Crippen LogP) is 8.22. The van der Waals surface area contributed by atoms with Crippen molar-refractivity contribution in [1.29, 1.82) is 0 Å². The van der Waals surface area contributed by atoms with Crippen LogP contribution in [0.2, 0.25) is 0 Å². The smallest absolute Gasteiger partial charge is 0.658 e. The van der Waals surface area contributed by atoms with Gasteiger partial charge in [0.25, 0.3) is 0 Å². The fraction of sp³-hybridized carbons (Fsp3) is 0.233. The van der Waals surface area contributed by atoms with Crippen LogP contribution in [0.15, 0.2) is 109 Å². The molecule has 0 saturated carbocycles. The molecule has 0 bridgehead atoms. The van der Waals surface area contributed by atoms with Crippen LogP contribution in [-0.4, -0.2) is 23.4 Å². The Morgan fingerprint density at radius 2 is 1.17 bits per heavy atom. The second-order valence-electron chi connectivity index (χ2n) is 8.36. The zero-order valence-corrected chi connectivity index (χ0v) is 23.1. The third-order valence-electron chi connectivity index (χ3n) is 4.81. The van der Waals surface area contributed by atoms with Crippen molar-refractivity contribution in [2.45, 2.75) is 46.1 Å². The third-order valence-corrected chi connectivity index (χ3v) is 4.81. The number of rotatable bonds is 8. The van der Waals surface area contributed by atoms with Crippen LogP contribution in [0.3, 0.4) is 0 Å². The van der Waals surface area contributed by atoms with Crippen molar-refractivity contribution >= 4 is 11.4 Å². The summed E-state index contributed by atoms with van der Waals surface area (Å²) in [5.41, 5.74) is 4.22. The summed E-state index contributed by atoms with van der Waals surface area (Å²) in [6.45, 7) is 8.38.